The molecule has 14 heteroatoms. The Morgan fingerprint density at radius 3 is 1.69 bits per heavy atom. The Kier molecular flexibility index (Phi) is 31.0. The summed E-state index contributed by atoms with van der Waals surface area (Å²) in [5.74, 6) is -0.264. The van der Waals surface area contributed by atoms with E-state index in [-0.39, 0.29) is 18.9 Å². The van der Waals surface area contributed by atoms with Gasteiger partial charge in [-0.2, -0.15) is 0 Å². The molecule has 12 unspecified atom stereocenters. The molecular formula is C47H83NO13. The molecule has 0 aromatic heterocycles. The van der Waals surface area contributed by atoms with E-state index in [4.69, 9.17) is 18.9 Å². The van der Waals surface area contributed by atoms with Crippen LogP contribution in [0.3, 0.4) is 0 Å². The molecule has 9 N–H and O–H groups in total. The van der Waals surface area contributed by atoms with Crippen LogP contribution >= 0.6 is 0 Å². The van der Waals surface area contributed by atoms with Gasteiger partial charge in [0.15, 0.2) is 12.6 Å². The van der Waals surface area contributed by atoms with Crippen molar-refractivity contribution in [1.29, 1.82) is 0 Å². The van der Waals surface area contributed by atoms with Crippen molar-refractivity contribution in [3.05, 3.63) is 48.6 Å². The average molecular weight is 870 g/mol. The molecule has 0 aliphatic carbocycles. The first kappa shape index (κ1) is 55.1. The molecule has 0 spiro atoms. The van der Waals surface area contributed by atoms with Crippen LogP contribution in [0.2, 0.25) is 0 Å². The number of carbonyl (C=O) groups excluding carboxylic acids is 1. The molecule has 2 aliphatic heterocycles. The summed E-state index contributed by atoms with van der Waals surface area (Å²) in [6, 6.07) is -0.937. The number of hydrogen-bond donors (Lipinski definition) is 9. The maximum Gasteiger partial charge on any atom is 0.220 e. The third-order valence-corrected chi connectivity index (χ3v) is 11.2. The fourth-order valence-corrected chi connectivity index (χ4v) is 7.38. The van der Waals surface area contributed by atoms with E-state index in [1.165, 1.54) is 64.2 Å². The Labute approximate surface area is 365 Å². The Morgan fingerprint density at radius 2 is 1.10 bits per heavy atom. The topological polar surface area (TPSA) is 228 Å². The highest BCUT2D eigenvalue weighted by Gasteiger charge is 2.50. The van der Waals surface area contributed by atoms with E-state index >= 15 is 0 Å². The lowest BCUT2D eigenvalue weighted by Crippen LogP contribution is -2.65. The quantitative estimate of drug-likeness (QED) is 0.0309. The minimum absolute atomic E-state index is 0.263. The standard InChI is InChI=1S/C47H83NO13/c1-3-5-7-9-11-13-15-16-17-18-19-20-21-23-25-27-29-31-39(52)48-35(36(51)30-28-26-24-22-14-12-10-8-6-4-2)34-58-46-44(57)42(55)45(38(33-50)60-46)61-47-43(56)41(54)40(53)37(32-49)59-47/h6,8,14,16-17,22,28,30,35-38,40-47,49-51,53-57H,3-5,7,9-13,15,18-21,23-27,29,31-34H2,1-2H3,(H,48,52)/b8-6+,17-16-,22-14+,30-28+. The van der Waals surface area contributed by atoms with Crippen LogP contribution in [0.5, 0.6) is 0 Å². The number of unbranched alkanes of at least 4 members (excludes halogenated alkanes) is 15. The molecule has 2 fully saturated rings. The Bertz CT molecular complexity index is 1210. The maximum absolute atomic E-state index is 13.1. The van der Waals surface area contributed by atoms with Crippen molar-refractivity contribution >= 4 is 5.91 Å². The fraction of sp³-hybridized carbons (Fsp3) is 0.809. The molecule has 0 bridgehead atoms. The highest BCUT2D eigenvalue weighted by atomic mass is 16.7. The average Bonchev–Trinajstić information content (AvgIpc) is 3.26. The number of rotatable bonds is 34. The van der Waals surface area contributed by atoms with Gasteiger partial charge in [0, 0.05) is 6.42 Å². The Balaban J connectivity index is 1.87. The second-order valence-electron chi connectivity index (χ2n) is 16.5. The summed E-state index contributed by atoms with van der Waals surface area (Å²) in [4.78, 5) is 13.1. The molecule has 0 aromatic rings. The third kappa shape index (κ3) is 22.4. The van der Waals surface area contributed by atoms with Gasteiger partial charge in [-0.1, -0.05) is 127 Å². The monoisotopic (exact) mass is 870 g/mol. The van der Waals surface area contributed by atoms with E-state index in [2.05, 4.69) is 55.6 Å². The first-order valence-corrected chi connectivity index (χ1v) is 23.4. The van der Waals surface area contributed by atoms with E-state index in [9.17, 15) is 45.6 Å². The zero-order valence-electron chi connectivity index (χ0n) is 37.1. The van der Waals surface area contributed by atoms with Gasteiger partial charge in [0.25, 0.3) is 0 Å². The number of ether oxygens (including phenoxy) is 4. The molecule has 2 heterocycles. The lowest BCUT2D eigenvalue weighted by atomic mass is 9.97. The summed E-state index contributed by atoms with van der Waals surface area (Å²) in [6.45, 7) is 2.60. The number of allylic oxidation sites excluding steroid dienone is 7. The van der Waals surface area contributed by atoms with Gasteiger partial charge in [0.1, 0.15) is 48.8 Å². The van der Waals surface area contributed by atoms with Gasteiger partial charge in [-0.25, -0.2) is 0 Å². The molecule has 0 radical (unpaired) electrons. The largest absolute Gasteiger partial charge is 0.394 e. The minimum atomic E-state index is -1.79. The summed E-state index contributed by atoms with van der Waals surface area (Å²) in [6.07, 6.45) is 21.7. The predicted octanol–water partition coefficient (Wildman–Crippen LogP) is 4.93. The van der Waals surface area contributed by atoms with Crippen molar-refractivity contribution in [2.45, 2.75) is 222 Å². The van der Waals surface area contributed by atoms with Crippen LogP contribution in [0.25, 0.3) is 0 Å². The number of carbonyl (C=O) groups is 1. The molecule has 354 valence electrons. The SMILES string of the molecule is CC/C=C/CC/C=C/CC/C=C/C(O)C(COC1OC(CO)C(OC2OC(CO)C(O)C(O)C2O)C(O)C1O)NC(=O)CCCCCCCCC/C=C\CCCCCCCC. The summed E-state index contributed by atoms with van der Waals surface area (Å²) in [7, 11) is 0. The smallest absolute Gasteiger partial charge is 0.220 e. The molecule has 1 amide bonds. The summed E-state index contributed by atoms with van der Waals surface area (Å²) >= 11 is 0. The molecule has 0 saturated carbocycles. The molecule has 2 rings (SSSR count). The van der Waals surface area contributed by atoms with Gasteiger partial charge in [-0.3, -0.25) is 4.79 Å². The van der Waals surface area contributed by atoms with E-state index < -0.39 is 86.8 Å². The number of amides is 1. The van der Waals surface area contributed by atoms with E-state index in [1.54, 1.807) is 6.08 Å². The normalized spacial score (nSPS) is 28.4. The minimum Gasteiger partial charge on any atom is -0.394 e. The molecule has 12 atom stereocenters. The van der Waals surface area contributed by atoms with Crippen LogP contribution in [-0.4, -0.2) is 140 Å². The van der Waals surface area contributed by atoms with Gasteiger partial charge in [0.05, 0.1) is 32.0 Å². The first-order valence-electron chi connectivity index (χ1n) is 23.4. The zero-order chi connectivity index (χ0) is 44.7. The maximum atomic E-state index is 13.1. The van der Waals surface area contributed by atoms with Crippen molar-refractivity contribution < 1.29 is 64.6 Å². The second-order valence-corrected chi connectivity index (χ2v) is 16.5. The first-order chi connectivity index (χ1) is 29.6. The van der Waals surface area contributed by atoms with Gasteiger partial charge in [-0.05, 0) is 64.2 Å². The van der Waals surface area contributed by atoms with E-state index in [0.717, 1.165) is 51.4 Å². The summed E-state index contributed by atoms with van der Waals surface area (Å²) in [5.41, 5.74) is 0. The fourth-order valence-electron chi connectivity index (χ4n) is 7.38. The highest BCUT2D eigenvalue weighted by Crippen LogP contribution is 2.30. The van der Waals surface area contributed by atoms with Gasteiger partial charge in [-0.15, -0.1) is 0 Å². The molecular weight excluding hydrogens is 787 g/mol. The summed E-state index contributed by atoms with van der Waals surface area (Å²) < 4.78 is 22.6. The van der Waals surface area contributed by atoms with Crippen LogP contribution < -0.4 is 5.32 Å². The lowest BCUT2D eigenvalue weighted by molar-refractivity contribution is -0.359. The number of nitrogens with one attached hydrogen (secondary N) is 1. The van der Waals surface area contributed by atoms with Crippen molar-refractivity contribution in [2.24, 2.45) is 0 Å². The van der Waals surface area contributed by atoms with Crippen LogP contribution in [0.1, 0.15) is 149 Å². The van der Waals surface area contributed by atoms with Crippen LogP contribution in [0.15, 0.2) is 48.6 Å². The molecule has 2 aliphatic rings. The van der Waals surface area contributed by atoms with Crippen molar-refractivity contribution in [3.8, 4) is 0 Å². The van der Waals surface area contributed by atoms with Crippen LogP contribution in [0, 0.1) is 0 Å². The van der Waals surface area contributed by atoms with E-state index in [1.807, 2.05) is 6.08 Å². The van der Waals surface area contributed by atoms with Crippen LogP contribution in [-0.2, 0) is 23.7 Å². The lowest BCUT2D eigenvalue weighted by Gasteiger charge is -2.46. The predicted molar refractivity (Wildman–Crippen MR) is 235 cm³/mol. The Morgan fingerprint density at radius 1 is 0.590 bits per heavy atom. The third-order valence-electron chi connectivity index (χ3n) is 11.2. The Hall–Kier alpha value is -2.05. The molecule has 2 saturated heterocycles. The summed E-state index contributed by atoms with van der Waals surface area (Å²) in [5, 5.41) is 86.4. The van der Waals surface area contributed by atoms with Crippen molar-refractivity contribution in [3.63, 3.8) is 0 Å². The molecule has 14 nitrogen and oxygen atoms in total. The van der Waals surface area contributed by atoms with Gasteiger partial charge < -0.3 is 65.1 Å². The van der Waals surface area contributed by atoms with Crippen molar-refractivity contribution in [1.82, 2.24) is 5.32 Å². The number of aliphatic hydroxyl groups is 8. The van der Waals surface area contributed by atoms with E-state index in [0.29, 0.717) is 12.8 Å². The van der Waals surface area contributed by atoms with Crippen molar-refractivity contribution in [2.75, 3.05) is 19.8 Å². The van der Waals surface area contributed by atoms with Gasteiger partial charge >= 0.3 is 0 Å². The molecule has 0 aromatic carbocycles. The number of hydrogen-bond acceptors (Lipinski definition) is 13. The zero-order valence-corrected chi connectivity index (χ0v) is 37.1. The number of aliphatic hydroxyl groups excluding tert-OH is 8. The van der Waals surface area contributed by atoms with Gasteiger partial charge in [0.2, 0.25) is 5.91 Å². The second kappa shape index (κ2) is 34.4. The highest BCUT2D eigenvalue weighted by molar-refractivity contribution is 5.76. The van der Waals surface area contributed by atoms with Crippen LogP contribution in [0.4, 0.5) is 0 Å². The molecule has 61 heavy (non-hydrogen) atoms.